The van der Waals surface area contributed by atoms with Crippen LogP contribution in [0.25, 0.3) is 0 Å². The number of hydrazine groups is 1. The van der Waals surface area contributed by atoms with Gasteiger partial charge in [0.2, 0.25) is 0 Å². The normalized spacial score (nSPS) is 9.96. The van der Waals surface area contributed by atoms with Gasteiger partial charge in [0, 0.05) is 12.0 Å². The Bertz CT molecular complexity index is 689. The summed E-state index contributed by atoms with van der Waals surface area (Å²) in [6.07, 6.45) is -0.467. The lowest BCUT2D eigenvalue weighted by Crippen LogP contribution is -2.42. The van der Waals surface area contributed by atoms with E-state index in [0.29, 0.717) is 12.0 Å². The lowest BCUT2D eigenvalue weighted by atomic mass is 10.2. The van der Waals surface area contributed by atoms with E-state index >= 15 is 0 Å². The summed E-state index contributed by atoms with van der Waals surface area (Å²) in [6.45, 7) is 0.0460. The van der Waals surface area contributed by atoms with Gasteiger partial charge >= 0.3 is 6.09 Å². The molecule has 0 aliphatic carbocycles. The van der Waals surface area contributed by atoms with Crippen LogP contribution in [0, 0.1) is 5.82 Å². The van der Waals surface area contributed by atoms with Gasteiger partial charge in [-0.1, -0.05) is 12.1 Å². The molecule has 0 aliphatic heterocycles. The lowest BCUT2D eigenvalue weighted by Gasteiger charge is -2.08. The maximum atomic E-state index is 13.0. The molecule has 0 spiro atoms. The highest BCUT2D eigenvalue weighted by Crippen LogP contribution is 2.09. The van der Waals surface area contributed by atoms with Crippen LogP contribution in [-0.4, -0.2) is 23.7 Å². The molecule has 2 aromatic rings. The van der Waals surface area contributed by atoms with Gasteiger partial charge in [0.15, 0.2) is 0 Å². The molecule has 6 nitrogen and oxygen atoms in total. The molecule has 0 bridgehead atoms. The van der Waals surface area contributed by atoms with Gasteiger partial charge in [-0.05, 0) is 42.0 Å². The molecule has 2 amide bonds. The Hall–Kier alpha value is -3.09. The number of hydrogen-bond acceptors (Lipinski definition) is 4. The smallest absolute Gasteiger partial charge is 0.426 e. The van der Waals surface area contributed by atoms with Crippen LogP contribution < -0.4 is 10.9 Å². The summed E-state index contributed by atoms with van der Waals surface area (Å²) in [5.41, 5.74) is 5.23. The van der Waals surface area contributed by atoms with Gasteiger partial charge < -0.3 is 9.84 Å². The molecule has 0 unspecified atom stereocenters. The molecule has 0 saturated carbocycles. The molecule has 0 heterocycles. The number of nitrogens with one attached hydrogen (secondary N) is 2. The number of halogens is 1. The summed E-state index contributed by atoms with van der Waals surface area (Å²) in [6, 6.07) is 11.5. The lowest BCUT2D eigenvalue weighted by molar-refractivity contribution is 0.0910. The third-order valence-corrected chi connectivity index (χ3v) is 2.92. The average Bonchev–Trinajstić information content (AvgIpc) is 2.53. The Balaban J connectivity index is 1.70. The third-order valence-electron chi connectivity index (χ3n) is 2.92. The number of rotatable bonds is 4. The van der Waals surface area contributed by atoms with Crippen molar-refractivity contribution in [2.24, 2.45) is 0 Å². The van der Waals surface area contributed by atoms with E-state index < -0.39 is 12.0 Å². The van der Waals surface area contributed by atoms with Crippen LogP contribution in [0.5, 0.6) is 5.75 Å². The number of aromatic hydroxyl groups is 1. The maximum absolute atomic E-state index is 13.0. The van der Waals surface area contributed by atoms with Crippen LogP contribution in [0.3, 0.4) is 0 Å². The van der Waals surface area contributed by atoms with Crippen LogP contribution >= 0.6 is 0 Å². The first-order chi connectivity index (χ1) is 11.0. The second kappa shape index (κ2) is 7.79. The van der Waals surface area contributed by atoms with Gasteiger partial charge in [-0.15, -0.1) is 0 Å². The van der Waals surface area contributed by atoms with Crippen molar-refractivity contribution in [2.75, 3.05) is 6.61 Å². The van der Waals surface area contributed by atoms with Crippen molar-refractivity contribution in [3.63, 3.8) is 0 Å². The monoisotopic (exact) mass is 318 g/mol. The molecule has 23 heavy (non-hydrogen) atoms. The number of phenolic OH excluding ortho intramolecular Hbond substituents is 1. The highest BCUT2D eigenvalue weighted by Gasteiger charge is 2.08. The minimum Gasteiger partial charge on any atom is -0.508 e. The largest absolute Gasteiger partial charge is 0.508 e. The second-order valence-electron chi connectivity index (χ2n) is 4.64. The number of carbonyl (C=O) groups is 2. The first kappa shape index (κ1) is 16.3. The highest BCUT2D eigenvalue weighted by atomic mass is 19.1. The first-order valence-corrected chi connectivity index (χ1v) is 6.81. The zero-order valence-electron chi connectivity index (χ0n) is 12.1. The number of ether oxygens (including phenoxy) is 1. The van der Waals surface area contributed by atoms with Crippen LogP contribution in [-0.2, 0) is 11.2 Å². The second-order valence-corrected chi connectivity index (χ2v) is 4.64. The molecular formula is C16H15FN2O4. The minimum absolute atomic E-state index is 0.0336. The molecule has 0 saturated heterocycles. The SMILES string of the molecule is O=C(NNC(=O)c1ccc(O)cc1)OCCc1cccc(F)c1. The topological polar surface area (TPSA) is 87.7 Å². The minimum atomic E-state index is -0.825. The van der Waals surface area contributed by atoms with E-state index in [2.05, 4.69) is 10.9 Å². The van der Waals surface area contributed by atoms with Crippen molar-refractivity contribution in [2.45, 2.75) is 6.42 Å². The average molecular weight is 318 g/mol. The van der Waals surface area contributed by atoms with Gasteiger partial charge in [0.1, 0.15) is 11.6 Å². The quantitative estimate of drug-likeness (QED) is 0.754. The zero-order valence-corrected chi connectivity index (χ0v) is 12.1. The summed E-state index contributed by atoms with van der Waals surface area (Å²) in [5.74, 6) is -0.869. The molecule has 0 aromatic heterocycles. The number of benzene rings is 2. The summed E-state index contributed by atoms with van der Waals surface area (Å²) in [7, 11) is 0. The number of hydrogen-bond donors (Lipinski definition) is 3. The van der Waals surface area contributed by atoms with Gasteiger partial charge in [-0.3, -0.25) is 10.2 Å². The summed E-state index contributed by atoms with van der Waals surface area (Å²) >= 11 is 0. The van der Waals surface area contributed by atoms with Gasteiger partial charge in [-0.25, -0.2) is 14.6 Å². The first-order valence-electron chi connectivity index (χ1n) is 6.81. The molecule has 3 N–H and O–H groups in total. The molecule has 7 heteroatoms. The van der Waals surface area contributed by atoms with Gasteiger partial charge in [0.25, 0.3) is 5.91 Å². The molecule has 0 atom stereocenters. The van der Waals surface area contributed by atoms with E-state index in [4.69, 9.17) is 9.84 Å². The summed E-state index contributed by atoms with van der Waals surface area (Å²) in [5, 5.41) is 9.12. The van der Waals surface area contributed by atoms with Crippen molar-refractivity contribution >= 4 is 12.0 Å². The van der Waals surface area contributed by atoms with Crippen molar-refractivity contribution < 1.29 is 23.8 Å². The molecule has 2 aromatic carbocycles. The van der Waals surface area contributed by atoms with E-state index in [1.165, 1.54) is 36.4 Å². The van der Waals surface area contributed by atoms with Crippen molar-refractivity contribution in [3.8, 4) is 5.75 Å². The Morgan fingerprint density at radius 2 is 1.83 bits per heavy atom. The summed E-state index contributed by atoms with van der Waals surface area (Å²) in [4.78, 5) is 23.1. The van der Waals surface area contributed by atoms with E-state index in [1.54, 1.807) is 12.1 Å². The Kier molecular flexibility index (Phi) is 5.51. The molecule has 2 rings (SSSR count). The van der Waals surface area contributed by atoms with E-state index in [-0.39, 0.29) is 23.7 Å². The predicted octanol–water partition coefficient (Wildman–Crippen LogP) is 2.15. The highest BCUT2D eigenvalue weighted by molar-refractivity contribution is 5.94. The van der Waals surface area contributed by atoms with E-state index in [0.717, 1.165) is 0 Å². The van der Waals surface area contributed by atoms with Crippen LogP contribution in [0.1, 0.15) is 15.9 Å². The molecular weight excluding hydrogens is 303 g/mol. The third kappa shape index (κ3) is 5.31. The van der Waals surface area contributed by atoms with Crippen LogP contribution in [0.2, 0.25) is 0 Å². The van der Waals surface area contributed by atoms with Crippen molar-refractivity contribution in [1.82, 2.24) is 10.9 Å². The fourth-order valence-electron chi connectivity index (χ4n) is 1.78. The molecule has 0 fully saturated rings. The Labute approximate surface area is 131 Å². The summed E-state index contributed by atoms with van der Waals surface area (Å²) < 4.78 is 17.8. The van der Waals surface area contributed by atoms with Crippen molar-refractivity contribution in [1.29, 1.82) is 0 Å². The molecule has 0 aliphatic rings. The number of phenols is 1. The molecule has 0 radical (unpaired) electrons. The fraction of sp³-hybridized carbons (Fsp3) is 0.125. The van der Waals surface area contributed by atoms with E-state index in [1.807, 2.05) is 0 Å². The standard InChI is InChI=1S/C16H15FN2O4/c17-13-3-1-2-11(10-13)8-9-23-16(22)19-18-15(21)12-4-6-14(20)7-5-12/h1-7,10,20H,8-9H2,(H,18,21)(H,19,22). The van der Waals surface area contributed by atoms with E-state index in [9.17, 15) is 14.0 Å². The van der Waals surface area contributed by atoms with Crippen LogP contribution in [0.15, 0.2) is 48.5 Å². The van der Waals surface area contributed by atoms with Gasteiger partial charge in [-0.2, -0.15) is 0 Å². The zero-order chi connectivity index (χ0) is 16.7. The number of carbonyl (C=O) groups excluding carboxylic acids is 2. The predicted molar refractivity (Wildman–Crippen MR) is 80.2 cm³/mol. The number of amides is 2. The molecule has 120 valence electrons. The van der Waals surface area contributed by atoms with Gasteiger partial charge in [0.05, 0.1) is 6.61 Å². The maximum Gasteiger partial charge on any atom is 0.426 e. The van der Waals surface area contributed by atoms with Crippen molar-refractivity contribution in [3.05, 3.63) is 65.5 Å². The van der Waals surface area contributed by atoms with Crippen LogP contribution in [0.4, 0.5) is 9.18 Å². The Morgan fingerprint density at radius 3 is 2.52 bits per heavy atom. The fourth-order valence-corrected chi connectivity index (χ4v) is 1.78. The Morgan fingerprint density at radius 1 is 1.09 bits per heavy atom.